The monoisotopic (exact) mass is 368 g/mol. The molecule has 2 heterocycles. The van der Waals surface area contributed by atoms with Crippen LogP contribution in [0, 0.1) is 0 Å². The molecule has 0 saturated heterocycles. The Hall–Kier alpha value is -2.63. The Morgan fingerprint density at radius 3 is 2.52 bits per heavy atom. The van der Waals surface area contributed by atoms with Crippen molar-refractivity contribution in [2.45, 2.75) is 59.7 Å². The average molecular weight is 368 g/mol. The molecule has 1 aliphatic heterocycles. The molecule has 6 heteroatoms. The van der Waals surface area contributed by atoms with Gasteiger partial charge in [0.05, 0.1) is 24.5 Å². The van der Waals surface area contributed by atoms with Gasteiger partial charge in [-0.05, 0) is 31.0 Å². The third-order valence-electron chi connectivity index (χ3n) is 5.17. The van der Waals surface area contributed by atoms with Crippen LogP contribution in [0.15, 0.2) is 24.3 Å². The zero-order chi connectivity index (χ0) is 19.4. The summed E-state index contributed by atoms with van der Waals surface area (Å²) in [5.41, 5.74) is 4.09. The Labute approximate surface area is 160 Å². The van der Waals surface area contributed by atoms with Crippen molar-refractivity contribution in [2.24, 2.45) is 0 Å². The van der Waals surface area contributed by atoms with E-state index in [0.717, 1.165) is 42.2 Å². The van der Waals surface area contributed by atoms with Crippen LogP contribution in [0.1, 0.15) is 60.3 Å². The van der Waals surface area contributed by atoms with Gasteiger partial charge in [-0.1, -0.05) is 26.0 Å². The topological polar surface area (TPSA) is 67.2 Å². The SMILES string of the molecule is CCC(=O)NCc1nc2c(n1CC)CN(C(=O)c1ccc(CC)cc1)CC2. The van der Waals surface area contributed by atoms with Crippen LogP contribution in [-0.2, 0) is 37.3 Å². The number of carbonyl (C=O) groups excluding carboxylic acids is 2. The molecule has 27 heavy (non-hydrogen) atoms. The molecule has 2 aromatic rings. The highest BCUT2D eigenvalue weighted by atomic mass is 16.2. The summed E-state index contributed by atoms with van der Waals surface area (Å²) in [6, 6.07) is 7.87. The van der Waals surface area contributed by atoms with Crippen LogP contribution in [0.2, 0.25) is 0 Å². The number of rotatable bonds is 6. The minimum Gasteiger partial charge on any atom is -0.349 e. The lowest BCUT2D eigenvalue weighted by atomic mass is 10.1. The van der Waals surface area contributed by atoms with Gasteiger partial charge in [0.15, 0.2) is 0 Å². The lowest BCUT2D eigenvalue weighted by Crippen LogP contribution is -2.36. The number of hydrogen-bond acceptors (Lipinski definition) is 3. The molecule has 0 radical (unpaired) electrons. The van der Waals surface area contributed by atoms with E-state index in [1.165, 1.54) is 5.56 Å². The van der Waals surface area contributed by atoms with Gasteiger partial charge in [-0.15, -0.1) is 0 Å². The number of carbonyl (C=O) groups is 2. The van der Waals surface area contributed by atoms with E-state index in [1.807, 2.05) is 36.1 Å². The average Bonchev–Trinajstić information content (AvgIpc) is 3.08. The number of hydrogen-bond donors (Lipinski definition) is 1. The zero-order valence-corrected chi connectivity index (χ0v) is 16.4. The van der Waals surface area contributed by atoms with Gasteiger partial charge < -0.3 is 14.8 Å². The summed E-state index contributed by atoms with van der Waals surface area (Å²) in [5.74, 6) is 0.949. The molecule has 1 aromatic heterocycles. The van der Waals surface area contributed by atoms with Crippen molar-refractivity contribution in [1.29, 1.82) is 0 Å². The van der Waals surface area contributed by atoms with Gasteiger partial charge >= 0.3 is 0 Å². The van der Waals surface area contributed by atoms with E-state index in [1.54, 1.807) is 0 Å². The summed E-state index contributed by atoms with van der Waals surface area (Å²) in [7, 11) is 0. The van der Waals surface area contributed by atoms with E-state index < -0.39 is 0 Å². The maximum absolute atomic E-state index is 12.9. The van der Waals surface area contributed by atoms with Crippen molar-refractivity contribution in [2.75, 3.05) is 6.54 Å². The van der Waals surface area contributed by atoms with Crippen LogP contribution in [0.5, 0.6) is 0 Å². The first-order chi connectivity index (χ1) is 13.1. The number of nitrogens with one attached hydrogen (secondary N) is 1. The number of fused-ring (bicyclic) bond motifs is 1. The fourth-order valence-corrected chi connectivity index (χ4v) is 3.52. The number of benzene rings is 1. The summed E-state index contributed by atoms with van der Waals surface area (Å²) in [4.78, 5) is 31.1. The van der Waals surface area contributed by atoms with Crippen molar-refractivity contribution >= 4 is 11.8 Å². The molecule has 1 aliphatic rings. The molecule has 1 N–H and O–H groups in total. The molecule has 0 bridgehead atoms. The Morgan fingerprint density at radius 2 is 1.89 bits per heavy atom. The summed E-state index contributed by atoms with van der Waals surface area (Å²) in [6.07, 6.45) is 2.18. The molecule has 1 aromatic carbocycles. The van der Waals surface area contributed by atoms with E-state index in [-0.39, 0.29) is 11.8 Å². The molecular formula is C21H28N4O2. The van der Waals surface area contributed by atoms with E-state index in [0.29, 0.717) is 26.1 Å². The zero-order valence-electron chi connectivity index (χ0n) is 16.4. The summed E-state index contributed by atoms with van der Waals surface area (Å²) in [6.45, 7) is 8.44. The minimum absolute atomic E-state index is 0.0194. The summed E-state index contributed by atoms with van der Waals surface area (Å²) < 4.78 is 2.13. The fourth-order valence-electron chi connectivity index (χ4n) is 3.52. The van der Waals surface area contributed by atoms with Gasteiger partial charge in [-0.3, -0.25) is 9.59 Å². The van der Waals surface area contributed by atoms with Crippen LogP contribution in [0.4, 0.5) is 0 Å². The van der Waals surface area contributed by atoms with Gasteiger partial charge in [0.2, 0.25) is 5.91 Å². The second kappa shape index (κ2) is 8.37. The third kappa shape index (κ3) is 4.04. The van der Waals surface area contributed by atoms with Crippen LogP contribution in [-0.4, -0.2) is 32.8 Å². The van der Waals surface area contributed by atoms with Gasteiger partial charge in [0.25, 0.3) is 5.91 Å². The van der Waals surface area contributed by atoms with Crippen molar-refractivity contribution in [3.8, 4) is 0 Å². The summed E-state index contributed by atoms with van der Waals surface area (Å²) in [5, 5.41) is 2.90. The number of aromatic nitrogens is 2. The molecule has 3 rings (SSSR count). The van der Waals surface area contributed by atoms with Gasteiger partial charge in [0, 0.05) is 31.5 Å². The van der Waals surface area contributed by atoms with E-state index in [4.69, 9.17) is 4.98 Å². The standard InChI is InChI=1S/C21H28N4O2/c1-4-15-7-9-16(10-8-15)21(27)24-12-11-17-18(14-24)25(6-3)19(23-17)13-22-20(26)5-2/h7-10H,4-6,11-14H2,1-3H3,(H,22,26). The first kappa shape index (κ1) is 19.1. The first-order valence-corrected chi connectivity index (χ1v) is 9.79. The Bertz CT molecular complexity index is 823. The highest BCUT2D eigenvalue weighted by molar-refractivity contribution is 5.94. The van der Waals surface area contributed by atoms with Gasteiger partial charge in [-0.2, -0.15) is 0 Å². The molecule has 6 nitrogen and oxygen atoms in total. The Balaban J connectivity index is 1.77. The van der Waals surface area contributed by atoms with Gasteiger partial charge in [-0.25, -0.2) is 4.98 Å². The van der Waals surface area contributed by atoms with Crippen LogP contribution in [0.25, 0.3) is 0 Å². The van der Waals surface area contributed by atoms with Crippen molar-refractivity contribution in [3.05, 3.63) is 52.6 Å². The number of imidazole rings is 1. The maximum atomic E-state index is 12.9. The largest absolute Gasteiger partial charge is 0.349 e. The second-order valence-corrected chi connectivity index (χ2v) is 6.82. The lowest BCUT2D eigenvalue weighted by molar-refractivity contribution is -0.120. The molecule has 0 aliphatic carbocycles. The van der Waals surface area contributed by atoms with E-state index in [9.17, 15) is 9.59 Å². The van der Waals surface area contributed by atoms with E-state index >= 15 is 0 Å². The highest BCUT2D eigenvalue weighted by Crippen LogP contribution is 2.22. The second-order valence-electron chi connectivity index (χ2n) is 6.82. The fraction of sp³-hybridized carbons (Fsp3) is 0.476. The number of nitrogens with zero attached hydrogens (tertiary/aromatic N) is 3. The number of aryl methyl sites for hydroxylation is 1. The molecule has 2 amide bonds. The van der Waals surface area contributed by atoms with Crippen LogP contribution >= 0.6 is 0 Å². The molecule has 0 spiro atoms. The predicted molar refractivity (Wildman–Crippen MR) is 104 cm³/mol. The molecule has 0 unspecified atom stereocenters. The minimum atomic E-state index is 0.0194. The quantitative estimate of drug-likeness (QED) is 0.852. The molecular weight excluding hydrogens is 340 g/mol. The molecule has 0 fully saturated rings. The van der Waals surface area contributed by atoms with Crippen LogP contribution < -0.4 is 5.32 Å². The third-order valence-corrected chi connectivity index (χ3v) is 5.17. The van der Waals surface area contributed by atoms with Crippen molar-refractivity contribution in [3.63, 3.8) is 0 Å². The Kier molecular flexibility index (Phi) is 5.94. The van der Waals surface area contributed by atoms with E-state index in [2.05, 4.69) is 23.7 Å². The van der Waals surface area contributed by atoms with Crippen molar-refractivity contribution < 1.29 is 9.59 Å². The molecule has 0 saturated carbocycles. The summed E-state index contributed by atoms with van der Waals surface area (Å²) >= 11 is 0. The predicted octanol–water partition coefficient (Wildman–Crippen LogP) is 2.69. The number of amides is 2. The molecule has 0 atom stereocenters. The van der Waals surface area contributed by atoms with Crippen LogP contribution in [0.3, 0.4) is 0 Å². The first-order valence-electron chi connectivity index (χ1n) is 9.79. The van der Waals surface area contributed by atoms with Gasteiger partial charge in [0.1, 0.15) is 5.82 Å². The Morgan fingerprint density at radius 1 is 1.15 bits per heavy atom. The lowest BCUT2D eigenvalue weighted by Gasteiger charge is -2.27. The highest BCUT2D eigenvalue weighted by Gasteiger charge is 2.27. The maximum Gasteiger partial charge on any atom is 0.254 e. The molecule has 144 valence electrons. The normalized spacial score (nSPS) is 13.4. The van der Waals surface area contributed by atoms with Crippen molar-refractivity contribution in [1.82, 2.24) is 19.8 Å². The smallest absolute Gasteiger partial charge is 0.254 e.